The molecule has 0 aliphatic carbocycles. The van der Waals surface area contributed by atoms with Gasteiger partial charge in [-0.1, -0.05) is 12.1 Å². The third kappa shape index (κ3) is 3.12. The molecular weight excluding hydrogens is 319 g/mol. The van der Waals surface area contributed by atoms with Crippen molar-refractivity contribution in [2.75, 3.05) is 42.6 Å². The number of fused-ring (bicyclic) bond motifs is 1. The number of para-hydroxylation sites is 1. The van der Waals surface area contributed by atoms with E-state index >= 15 is 0 Å². The van der Waals surface area contributed by atoms with Crippen LogP contribution in [0.1, 0.15) is 22.3 Å². The molecule has 1 fully saturated rings. The van der Waals surface area contributed by atoms with Gasteiger partial charge in [-0.05, 0) is 48.7 Å². The fraction of sp³-hybridized carbons (Fsp3) is 0.350. The molecule has 0 bridgehead atoms. The van der Waals surface area contributed by atoms with Gasteiger partial charge in [-0.2, -0.15) is 0 Å². The predicted molar refractivity (Wildman–Crippen MR) is 95.9 cm³/mol. The monoisotopic (exact) mass is 340 g/mol. The van der Waals surface area contributed by atoms with Crippen molar-refractivity contribution in [3.05, 3.63) is 59.4 Å². The molecule has 0 saturated carbocycles. The zero-order valence-electron chi connectivity index (χ0n) is 14.1. The second-order valence-corrected chi connectivity index (χ2v) is 6.45. The van der Waals surface area contributed by atoms with E-state index in [4.69, 9.17) is 4.74 Å². The second kappa shape index (κ2) is 6.84. The lowest BCUT2D eigenvalue weighted by Crippen LogP contribution is -2.37. The molecule has 2 aliphatic rings. The van der Waals surface area contributed by atoms with Gasteiger partial charge in [0.15, 0.2) is 0 Å². The third-order valence-corrected chi connectivity index (χ3v) is 4.90. The Bertz CT molecular complexity index is 770. The molecule has 2 aliphatic heterocycles. The van der Waals surface area contributed by atoms with Gasteiger partial charge in [-0.3, -0.25) is 4.79 Å². The molecule has 2 aromatic rings. The number of rotatable bonds is 2. The van der Waals surface area contributed by atoms with Gasteiger partial charge < -0.3 is 14.5 Å². The van der Waals surface area contributed by atoms with Gasteiger partial charge in [0, 0.05) is 30.9 Å². The van der Waals surface area contributed by atoms with Crippen LogP contribution in [-0.4, -0.2) is 38.8 Å². The van der Waals surface area contributed by atoms with Crippen molar-refractivity contribution in [3.63, 3.8) is 0 Å². The summed E-state index contributed by atoms with van der Waals surface area (Å²) < 4.78 is 19.7. The molecule has 2 aromatic carbocycles. The summed E-state index contributed by atoms with van der Waals surface area (Å²) >= 11 is 0. The Balaban J connectivity index is 1.58. The Labute approximate surface area is 146 Å². The summed E-state index contributed by atoms with van der Waals surface area (Å²) in [7, 11) is 0. The topological polar surface area (TPSA) is 32.8 Å². The van der Waals surface area contributed by atoms with Gasteiger partial charge in [-0.25, -0.2) is 4.39 Å². The molecule has 0 aromatic heterocycles. The average Bonchev–Trinajstić information content (AvgIpc) is 2.68. The fourth-order valence-corrected chi connectivity index (χ4v) is 3.60. The Morgan fingerprint density at radius 1 is 1.00 bits per heavy atom. The average molecular weight is 340 g/mol. The van der Waals surface area contributed by atoms with E-state index in [1.54, 1.807) is 11.0 Å². The van der Waals surface area contributed by atoms with Crippen LogP contribution >= 0.6 is 0 Å². The first kappa shape index (κ1) is 16.1. The number of aryl methyl sites for hydroxylation is 1. The van der Waals surface area contributed by atoms with Crippen LogP contribution in [0.2, 0.25) is 0 Å². The highest BCUT2D eigenvalue weighted by Crippen LogP contribution is 2.31. The van der Waals surface area contributed by atoms with Crippen LogP contribution in [0.25, 0.3) is 0 Å². The van der Waals surface area contributed by atoms with Crippen molar-refractivity contribution in [3.8, 4) is 0 Å². The minimum absolute atomic E-state index is 0.139. The van der Waals surface area contributed by atoms with Crippen LogP contribution in [0.15, 0.2) is 42.5 Å². The molecular formula is C20H21FN2O2. The Morgan fingerprint density at radius 2 is 1.76 bits per heavy atom. The lowest BCUT2D eigenvalue weighted by molar-refractivity contribution is 0.0984. The molecule has 130 valence electrons. The first-order valence-corrected chi connectivity index (χ1v) is 8.76. The van der Waals surface area contributed by atoms with E-state index in [0.29, 0.717) is 17.8 Å². The molecule has 0 unspecified atom stereocenters. The highest BCUT2D eigenvalue weighted by molar-refractivity contribution is 6.07. The van der Waals surface area contributed by atoms with Crippen molar-refractivity contribution < 1.29 is 13.9 Å². The molecule has 0 spiro atoms. The standard InChI is InChI=1S/C20H21FN2O2/c21-18-5-1-3-15-4-2-10-23(19(15)18)20(24)16-6-8-17(9-7-16)22-11-13-25-14-12-22/h1,3,5-9H,2,4,10-14H2. The minimum Gasteiger partial charge on any atom is -0.378 e. The molecule has 0 N–H and O–H groups in total. The van der Waals surface area contributed by atoms with E-state index in [0.717, 1.165) is 50.4 Å². The summed E-state index contributed by atoms with van der Waals surface area (Å²) in [4.78, 5) is 16.8. The number of hydrogen-bond acceptors (Lipinski definition) is 3. The molecule has 0 atom stereocenters. The van der Waals surface area contributed by atoms with Crippen molar-refractivity contribution in [2.24, 2.45) is 0 Å². The summed E-state index contributed by atoms with van der Waals surface area (Å²) in [6, 6.07) is 12.6. The lowest BCUT2D eigenvalue weighted by Gasteiger charge is -2.30. The number of nitrogens with zero attached hydrogens (tertiary/aromatic N) is 2. The third-order valence-electron chi connectivity index (χ3n) is 4.90. The summed E-state index contributed by atoms with van der Waals surface area (Å²) in [5.74, 6) is -0.463. The molecule has 2 heterocycles. The van der Waals surface area contributed by atoms with Crippen molar-refractivity contribution in [2.45, 2.75) is 12.8 Å². The van der Waals surface area contributed by atoms with Crippen molar-refractivity contribution in [1.82, 2.24) is 0 Å². The van der Waals surface area contributed by atoms with Gasteiger partial charge in [0.25, 0.3) is 5.91 Å². The normalized spacial score (nSPS) is 17.3. The summed E-state index contributed by atoms with van der Waals surface area (Å²) in [5, 5.41) is 0. The molecule has 1 saturated heterocycles. The molecule has 4 nitrogen and oxygen atoms in total. The SMILES string of the molecule is O=C(c1ccc(N2CCOCC2)cc1)N1CCCc2cccc(F)c21. The van der Waals surface area contributed by atoms with Crippen molar-refractivity contribution >= 4 is 17.3 Å². The van der Waals surface area contributed by atoms with Crippen molar-refractivity contribution in [1.29, 1.82) is 0 Å². The predicted octanol–water partition coefficient (Wildman–Crippen LogP) is 3.26. The molecule has 4 rings (SSSR count). The maximum atomic E-state index is 14.3. The van der Waals surface area contributed by atoms with Crippen LogP contribution in [-0.2, 0) is 11.2 Å². The first-order chi connectivity index (χ1) is 12.2. The number of benzene rings is 2. The largest absolute Gasteiger partial charge is 0.378 e. The van der Waals surface area contributed by atoms with Crippen LogP contribution in [0.3, 0.4) is 0 Å². The highest BCUT2D eigenvalue weighted by atomic mass is 19.1. The minimum atomic E-state index is -0.324. The Morgan fingerprint density at radius 3 is 2.52 bits per heavy atom. The fourth-order valence-electron chi connectivity index (χ4n) is 3.60. The highest BCUT2D eigenvalue weighted by Gasteiger charge is 2.26. The van der Waals surface area contributed by atoms with Crippen LogP contribution in [0.5, 0.6) is 0 Å². The maximum Gasteiger partial charge on any atom is 0.258 e. The maximum absolute atomic E-state index is 14.3. The number of anilines is 2. The van der Waals surface area contributed by atoms with E-state index in [1.807, 2.05) is 30.3 Å². The van der Waals surface area contributed by atoms with E-state index in [-0.39, 0.29) is 11.7 Å². The second-order valence-electron chi connectivity index (χ2n) is 6.45. The summed E-state index contributed by atoms with van der Waals surface area (Å²) in [6.45, 7) is 3.73. The number of carbonyl (C=O) groups excluding carboxylic acids is 1. The quantitative estimate of drug-likeness (QED) is 0.841. The van der Waals surface area contributed by atoms with Gasteiger partial charge in [0.05, 0.1) is 18.9 Å². The number of hydrogen-bond donors (Lipinski definition) is 0. The number of halogens is 1. The van der Waals surface area contributed by atoms with Gasteiger partial charge in [0.1, 0.15) is 5.82 Å². The van der Waals surface area contributed by atoms with E-state index in [2.05, 4.69) is 4.90 Å². The van der Waals surface area contributed by atoms with Gasteiger partial charge in [-0.15, -0.1) is 0 Å². The van der Waals surface area contributed by atoms with E-state index in [9.17, 15) is 9.18 Å². The number of amides is 1. The van der Waals surface area contributed by atoms with Crippen LogP contribution in [0, 0.1) is 5.82 Å². The lowest BCUT2D eigenvalue weighted by atomic mass is 10.00. The molecule has 5 heteroatoms. The smallest absolute Gasteiger partial charge is 0.258 e. The zero-order chi connectivity index (χ0) is 17.2. The summed E-state index contributed by atoms with van der Waals surface area (Å²) in [6.07, 6.45) is 1.67. The first-order valence-electron chi connectivity index (χ1n) is 8.76. The van der Waals surface area contributed by atoms with Gasteiger partial charge >= 0.3 is 0 Å². The van der Waals surface area contributed by atoms with E-state index in [1.165, 1.54) is 6.07 Å². The Hall–Kier alpha value is -2.40. The van der Waals surface area contributed by atoms with Crippen LogP contribution < -0.4 is 9.80 Å². The number of morpholine rings is 1. The molecule has 0 radical (unpaired) electrons. The Kier molecular flexibility index (Phi) is 4.40. The number of ether oxygens (including phenoxy) is 1. The van der Waals surface area contributed by atoms with E-state index < -0.39 is 0 Å². The molecule has 1 amide bonds. The summed E-state index contributed by atoms with van der Waals surface area (Å²) in [5.41, 5.74) is 3.03. The van der Waals surface area contributed by atoms with Crippen LogP contribution in [0.4, 0.5) is 15.8 Å². The zero-order valence-corrected chi connectivity index (χ0v) is 14.1. The molecule has 25 heavy (non-hydrogen) atoms. The number of carbonyl (C=O) groups is 1. The van der Waals surface area contributed by atoms with Gasteiger partial charge in [0.2, 0.25) is 0 Å².